The predicted octanol–water partition coefficient (Wildman–Crippen LogP) is 4.50. The maximum atomic E-state index is 12.8. The van der Waals surface area contributed by atoms with Crippen LogP contribution in [0.3, 0.4) is 0 Å². The van der Waals surface area contributed by atoms with E-state index in [0.29, 0.717) is 5.75 Å². The number of hydrogen-bond donors (Lipinski definition) is 1. The van der Waals surface area contributed by atoms with Gasteiger partial charge in [0.1, 0.15) is 0 Å². The second-order valence-corrected chi connectivity index (χ2v) is 7.93. The molecule has 1 amide bonds. The van der Waals surface area contributed by atoms with Crippen LogP contribution in [0.15, 0.2) is 47.6 Å². The van der Waals surface area contributed by atoms with Gasteiger partial charge in [0.2, 0.25) is 5.91 Å². The molecular formula is C21H23N3OS. The van der Waals surface area contributed by atoms with E-state index in [0.717, 1.165) is 35.5 Å². The van der Waals surface area contributed by atoms with E-state index in [1.165, 1.54) is 28.5 Å². The highest BCUT2D eigenvalue weighted by atomic mass is 32.2. The van der Waals surface area contributed by atoms with Crippen LogP contribution in [-0.2, 0) is 11.2 Å². The number of hydrogen-bond acceptors (Lipinski definition) is 3. The molecule has 4 rings (SSSR count). The molecule has 1 atom stereocenters. The zero-order chi connectivity index (χ0) is 18.1. The first-order chi connectivity index (χ1) is 12.6. The molecular weight excluding hydrogens is 342 g/mol. The van der Waals surface area contributed by atoms with Crippen LogP contribution in [0.5, 0.6) is 0 Å². The zero-order valence-corrected chi connectivity index (χ0v) is 16.0. The third kappa shape index (κ3) is 3.36. The van der Waals surface area contributed by atoms with Crippen molar-refractivity contribution in [2.24, 2.45) is 0 Å². The van der Waals surface area contributed by atoms with Gasteiger partial charge in [-0.2, -0.15) is 0 Å². The van der Waals surface area contributed by atoms with Crippen LogP contribution >= 0.6 is 11.8 Å². The second kappa shape index (κ2) is 7.16. The van der Waals surface area contributed by atoms with Crippen molar-refractivity contribution in [2.75, 3.05) is 12.8 Å². The maximum absolute atomic E-state index is 12.8. The third-order valence-electron chi connectivity index (χ3n) is 5.15. The summed E-state index contributed by atoms with van der Waals surface area (Å²) in [5.41, 5.74) is 5.85. The highest BCUT2D eigenvalue weighted by Gasteiger charge is 2.26. The number of thioether (sulfide) groups is 1. The van der Waals surface area contributed by atoms with Crippen LogP contribution in [0, 0.1) is 6.92 Å². The summed E-state index contributed by atoms with van der Waals surface area (Å²) in [6.07, 6.45) is 3.28. The van der Waals surface area contributed by atoms with E-state index in [2.05, 4.69) is 53.3 Å². The summed E-state index contributed by atoms with van der Waals surface area (Å²) in [5.74, 6) is 0.543. The van der Waals surface area contributed by atoms with Crippen molar-refractivity contribution in [3.8, 4) is 0 Å². The second-order valence-electron chi connectivity index (χ2n) is 6.96. The largest absolute Gasteiger partial charge is 0.338 e. The normalized spacial score (nSPS) is 16.5. The van der Waals surface area contributed by atoms with E-state index in [1.54, 1.807) is 0 Å². The number of aryl methyl sites for hydroxylation is 2. The van der Waals surface area contributed by atoms with Crippen LogP contribution in [0.1, 0.15) is 35.6 Å². The summed E-state index contributed by atoms with van der Waals surface area (Å²) in [7, 11) is 1.93. The van der Waals surface area contributed by atoms with Crippen molar-refractivity contribution < 1.29 is 4.79 Å². The fourth-order valence-corrected chi connectivity index (χ4v) is 4.51. The number of aromatic nitrogens is 2. The SMILES string of the molecule is Cc1ccc2nc(SCC(=O)N(C)C3CCCc4ccccc43)[nH]c2c1. The highest BCUT2D eigenvalue weighted by Crippen LogP contribution is 2.34. The number of nitrogens with one attached hydrogen (secondary N) is 1. The Labute approximate surface area is 158 Å². The van der Waals surface area contributed by atoms with E-state index < -0.39 is 0 Å². The summed E-state index contributed by atoms with van der Waals surface area (Å²) in [6, 6.07) is 14.8. The first kappa shape index (κ1) is 17.2. The number of fused-ring (bicyclic) bond motifs is 2. The molecule has 5 heteroatoms. The van der Waals surface area contributed by atoms with E-state index in [4.69, 9.17) is 0 Å². The number of rotatable bonds is 4. The van der Waals surface area contributed by atoms with Gasteiger partial charge in [0.05, 0.1) is 22.8 Å². The summed E-state index contributed by atoms with van der Waals surface area (Å²) in [4.78, 5) is 22.5. The lowest BCUT2D eigenvalue weighted by Crippen LogP contribution is -2.34. The fraction of sp³-hybridized carbons (Fsp3) is 0.333. The molecule has 1 unspecified atom stereocenters. The molecule has 134 valence electrons. The standard InChI is InChI=1S/C21H23N3OS/c1-14-10-11-17-18(12-14)23-21(22-17)26-13-20(25)24(2)19-9-5-7-15-6-3-4-8-16(15)19/h3-4,6,8,10-12,19H,5,7,9,13H2,1-2H3,(H,22,23). The molecule has 1 aliphatic rings. The Morgan fingerprint density at radius 2 is 2.15 bits per heavy atom. The number of carbonyl (C=O) groups excluding carboxylic acids is 1. The van der Waals surface area contributed by atoms with E-state index in [-0.39, 0.29) is 11.9 Å². The Hall–Kier alpha value is -2.27. The Bertz CT molecular complexity index is 949. The Kier molecular flexibility index (Phi) is 4.72. The monoisotopic (exact) mass is 365 g/mol. The highest BCUT2D eigenvalue weighted by molar-refractivity contribution is 7.99. The zero-order valence-electron chi connectivity index (χ0n) is 15.2. The summed E-state index contributed by atoms with van der Waals surface area (Å²) < 4.78 is 0. The molecule has 4 nitrogen and oxygen atoms in total. The molecule has 0 radical (unpaired) electrons. The van der Waals surface area contributed by atoms with Crippen molar-refractivity contribution in [3.63, 3.8) is 0 Å². The van der Waals surface area contributed by atoms with Gasteiger partial charge in [-0.15, -0.1) is 0 Å². The number of nitrogens with zero attached hydrogens (tertiary/aromatic N) is 2. The Balaban J connectivity index is 1.44. The molecule has 0 fully saturated rings. The van der Waals surface area contributed by atoms with Crippen molar-refractivity contribution in [3.05, 3.63) is 59.2 Å². The van der Waals surface area contributed by atoms with Gasteiger partial charge < -0.3 is 9.88 Å². The molecule has 0 bridgehead atoms. The first-order valence-electron chi connectivity index (χ1n) is 9.04. The van der Waals surface area contributed by atoms with Gasteiger partial charge in [-0.3, -0.25) is 4.79 Å². The minimum atomic E-state index is 0.147. The molecule has 0 saturated heterocycles. The molecule has 1 aromatic heterocycles. The fourth-order valence-electron chi connectivity index (χ4n) is 3.70. The predicted molar refractivity (Wildman–Crippen MR) is 106 cm³/mol. The average Bonchev–Trinajstić information content (AvgIpc) is 3.07. The van der Waals surface area contributed by atoms with Crippen molar-refractivity contribution in [1.82, 2.24) is 14.9 Å². The summed E-state index contributed by atoms with van der Waals surface area (Å²) in [6.45, 7) is 2.06. The van der Waals surface area contributed by atoms with Gasteiger partial charge in [-0.1, -0.05) is 42.1 Å². The number of H-pyrrole nitrogens is 1. The lowest BCUT2D eigenvalue weighted by molar-refractivity contribution is -0.129. The molecule has 1 heterocycles. The Morgan fingerprint density at radius 1 is 1.31 bits per heavy atom. The van der Waals surface area contributed by atoms with Gasteiger partial charge in [0, 0.05) is 7.05 Å². The van der Waals surface area contributed by atoms with Crippen molar-refractivity contribution >= 4 is 28.7 Å². The quantitative estimate of drug-likeness (QED) is 0.693. The third-order valence-corrected chi connectivity index (χ3v) is 6.00. The molecule has 3 aromatic rings. The van der Waals surface area contributed by atoms with E-state index in [1.807, 2.05) is 18.0 Å². The van der Waals surface area contributed by atoms with Crippen LogP contribution in [0.2, 0.25) is 0 Å². The number of imidazole rings is 1. The van der Waals surface area contributed by atoms with Crippen molar-refractivity contribution in [1.29, 1.82) is 0 Å². The molecule has 0 saturated carbocycles. The van der Waals surface area contributed by atoms with Gasteiger partial charge in [-0.05, 0) is 55.0 Å². The Morgan fingerprint density at radius 3 is 3.04 bits per heavy atom. The molecule has 2 aromatic carbocycles. The first-order valence-corrected chi connectivity index (χ1v) is 10.0. The van der Waals surface area contributed by atoms with E-state index in [9.17, 15) is 4.79 Å². The van der Waals surface area contributed by atoms with Gasteiger partial charge >= 0.3 is 0 Å². The molecule has 1 N–H and O–H groups in total. The average molecular weight is 366 g/mol. The topological polar surface area (TPSA) is 49.0 Å². The van der Waals surface area contributed by atoms with Crippen LogP contribution in [0.4, 0.5) is 0 Å². The van der Waals surface area contributed by atoms with Crippen LogP contribution in [0.25, 0.3) is 11.0 Å². The smallest absolute Gasteiger partial charge is 0.233 e. The van der Waals surface area contributed by atoms with Gasteiger partial charge in [0.25, 0.3) is 0 Å². The molecule has 26 heavy (non-hydrogen) atoms. The lowest BCUT2D eigenvalue weighted by Gasteiger charge is -2.33. The number of aromatic amines is 1. The summed E-state index contributed by atoms with van der Waals surface area (Å²) >= 11 is 1.48. The molecule has 1 aliphatic carbocycles. The molecule has 0 spiro atoms. The van der Waals surface area contributed by atoms with E-state index >= 15 is 0 Å². The lowest BCUT2D eigenvalue weighted by atomic mass is 9.87. The minimum Gasteiger partial charge on any atom is -0.338 e. The maximum Gasteiger partial charge on any atom is 0.233 e. The minimum absolute atomic E-state index is 0.147. The summed E-state index contributed by atoms with van der Waals surface area (Å²) in [5, 5.41) is 0.802. The number of carbonyl (C=O) groups is 1. The van der Waals surface area contributed by atoms with Gasteiger partial charge in [0.15, 0.2) is 5.16 Å². The molecule has 0 aliphatic heterocycles. The number of benzene rings is 2. The van der Waals surface area contributed by atoms with Gasteiger partial charge in [-0.25, -0.2) is 4.98 Å². The number of amides is 1. The van der Waals surface area contributed by atoms with Crippen LogP contribution < -0.4 is 0 Å². The van der Waals surface area contributed by atoms with Crippen LogP contribution in [-0.4, -0.2) is 33.6 Å². The van der Waals surface area contributed by atoms with Crippen molar-refractivity contribution in [2.45, 2.75) is 37.4 Å².